The minimum atomic E-state index is -4.48. The molecule has 5 aromatic carbocycles. The second kappa shape index (κ2) is 12.1. The molecule has 7 nitrogen and oxygen atoms in total. The van der Waals surface area contributed by atoms with Gasteiger partial charge in [-0.15, -0.1) is 0 Å². The van der Waals surface area contributed by atoms with Crippen LogP contribution < -0.4 is 4.74 Å². The number of amides is 2. The number of nitrogens with zero attached hydrogens (tertiary/aromatic N) is 2. The molecule has 0 bridgehead atoms. The molecule has 1 fully saturated rings. The number of urea groups is 1. The number of ether oxygens (including phenoxy) is 1. The Morgan fingerprint density at radius 2 is 1.18 bits per heavy atom. The van der Waals surface area contributed by atoms with Crippen LogP contribution >= 0.6 is 0 Å². The van der Waals surface area contributed by atoms with E-state index in [0.29, 0.717) is 16.7 Å². The molecule has 0 saturated carbocycles. The maximum atomic E-state index is 15.0. The molecular weight excluding hydrogens is 584 g/mol. The van der Waals surface area contributed by atoms with Gasteiger partial charge >= 0.3 is 12.0 Å². The number of hydrogen-bond donors (Lipinski definition) is 0. The van der Waals surface area contributed by atoms with Crippen molar-refractivity contribution in [2.45, 2.75) is 36.4 Å². The highest BCUT2D eigenvalue weighted by Gasteiger charge is 2.65. The SMILES string of the molecule is Cc1ccc(S(=O)(=O)N2C(=O)N(C(c3ccccc3)c3ccccc3)C(C)(C(=O)Oc3ccccc3)C2c2ccccc2)cc1. The molecule has 5 aromatic rings. The summed E-state index contributed by atoms with van der Waals surface area (Å²) in [6.07, 6.45) is 0. The fraction of sp³-hybridized carbons (Fsp3) is 0.135. The second-order valence-electron chi connectivity index (χ2n) is 11.2. The first-order valence-corrected chi connectivity index (χ1v) is 16.0. The van der Waals surface area contributed by atoms with E-state index in [-0.39, 0.29) is 10.6 Å². The Morgan fingerprint density at radius 3 is 1.69 bits per heavy atom. The average Bonchev–Trinajstić information content (AvgIpc) is 3.31. The summed E-state index contributed by atoms with van der Waals surface area (Å²) in [5.41, 5.74) is 0.917. The number of sulfonamides is 1. The number of carbonyl (C=O) groups is 2. The van der Waals surface area contributed by atoms with Gasteiger partial charge in [-0.3, -0.25) is 4.90 Å². The Morgan fingerprint density at radius 1 is 0.711 bits per heavy atom. The van der Waals surface area contributed by atoms with E-state index in [1.807, 2.05) is 67.6 Å². The molecule has 2 unspecified atom stereocenters. The summed E-state index contributed by atoms with van der Waals surface area (Å²) in [5.74, 6) is -0.492. The van der Waals surface area contributed by atoms with Gasteiger partial charge in [-0.05, 0) is 54.8 Å². The van der Waals surface area contributed by atoms with Crippen LogP contribution in [0.4, 0.5) is 4.79 Å². The summed E-state index contributed by atoms with van der Waals surface area (Å²) in [6.45, 7) is 3.45. The fourth-order valence-electron chi connectivity index (χ4n) is 5.98. The topological polar surface area (TPSA) is 84.0 Å². The van der Waals surface area contributed by atoms with Crippen LogP contribution in [0, 0.1) is 6.92 Å². The van der Waals surface area contributed by atoms with Gasteiger partial charge in [0.15, 0.2) is 5.54 Å². The first kappa shape index (κ1) is 29.8. The average molecular weight is 617 g/mol. The van der Waals surface area contributed by atoms with Gasteiger partial charge in [0, 0.05) is 0 Å². The Labute approximate surface area is 263 Å². The van der Waals surface area contributed by atoms with Gasteiger partial charge in [-0.2, -0.15) is 0 Å². The molecule has 0 radical (unpaired) electrons. The molecule has 1 saturated heterocycles. The summed E-state index contributed by atoms with van der Waals surface area (Å²) in [5, 5.41) is 0. The van der Waals surface area contributed by atoms with Crippen LogP contribution in [-0.2, 0) is 14.8 Å². The monoisotopic (exact) mass is 616 g/mol. The maximum absolute atomic E-state index is 15.0. The van der Waals surface area contributed by atoms with Crippen LogP contribution in [-0.4, -0.2) is 35.2 Å². The third-order valence-corrected chi connectivity index (χ3v) is 9.96. The third kappa shape index (κ3) is 5.38. The molecule has 0 aromatic heterocycles. The minimum absolute atomic E-state index is 0.0565. The van der Waals surface area contributed by atoms with E-state index in [1.54, 1.807) is 79.7 Å². The highest BCUT2D eigenvalue weighted by molar-refractivity contribution is 7.89. The molecule has 6 rings (SSSR count). The maximum Gasteiger partial charge on any atom is 0.339 e. The lowest BCUT2D eigenvalue weighted by Gasteiger charge is -2.40. The first-order chi connectivity index (χ1) is 21.7. The van der Waals surface area contributed by atoms with Crippen LogP contribution in [0.2, 0.25) is 0 Å². The van der Waals surface area contributed by atoms with Crippen LogP contribution in [0.15, 0.2) is 150 Å². The molecule has 226 valence electrons. The molecule has 0 N–H and O–H groups in total. The Balaban J connectivity index is 1.64. The highest BCUT2D eigenvalue weighted by atomic mass is 32.2. The predicted octanol–water partition coefficient (Wildman–Crippen LogP) is 7.32. The van der Waals surface area contributed by atoms with Crippen LogP contribution in [0.3, 0.4) is 0 Å². The molecule has 1 aliphatic heterocycles. The summed E-state index contributed by atoms with van der Waals surface area (Å²) in [4.78, 5) is 31.0. The third-order valence-electron chi connectivity index (χ3n) is 8.21. The molecule has 1 aliphatic rings. The van der Waals surface area contributed by atoms with E-state index in [9.17, 15) is 13.2 Å². The fourth-order valence-corrected chi connectivity index (χ4v) is 7.59. The molecule has 2 atom stereocenters. The summed E-state index contributed by atoms with van der Waals surface area (Å²) in [7, 11) is -4.48. The smallest absolute Gasteiger partial charge is 0.339 e. The molecular formula is C37H32N2O5S. The van der Waals surface area contributed by atoms with Crippen molar-refractivity contribution < 1.29 is 22.7 Å². The second-order valence-corrected chi connectivity index (χ2v) is 13.0. The lowest BCUT2D eigenvalue weighted by molar-refractivity contribution is -0.146. The zero-order valence-electron chi connectivity index (χ0n) is 24.9. The van der Waals surface area contributed by atoms with Gasteiger partial charge < -0.3 is 4.74 Å². The van der Waals surface area contributed by atoms with Crippen LogP contribution in [0.25, 0.3) is 0 Å². The number of aryl methyl sites for hydroxylation is 1. The predicted molar refractivity (Wildman–Crippen MR) is 172 cm³/mol. The van der Waals surface area contributed by atoms with E-state index in [4.69, 9.17) is 4.74 Å². The molecule has 2 amide bonds. The van der Waals surface area contributed by atoms with Crippen LogP contribution in [0.5, 0.6) is 5.75 Å². The van der Waals surface area contributed by atoms with E-state index in [1.165, 1.54) is 17.0 Å². The normalized spacial score (nSPS) is 18.3. The lowest BCUT2D eigenvalue weighted by atomic mass is 9.84. The lowest BCUT2D eigenvalue weighted by Crippen LogP contribution is -2.55. The zero-order valence-corrected chi connectivity index (χ0v) is 25.7. The summed E-state index contributed by atoms with van der Waals surface area (Å²) in [6, 6.07) is 39.3. The standard InChI is InChI=1S/C37H32N2O5S/c1-27-23-25-32(26-24-27)45(42,43)39-34(30-19-11-5-12-20-30)37(2,35(40)44-31-21-13-6-14-22-31)38(36(39)41)33(28-15-7-3-8-16-28)29-17-9-4-10-18-29/h3-26,33-34H,1-2H3. The largest absolute Gasteiger partial charge is 0.425 e. The summed E-state index contributed by atoms with van der Waals surface area (Å²) < 4.78 is 36.0. The number of esters is 1. The van der Waals surface area contributed by atoms with E-state index in [0.717, 1.165) is 9.87 Å². The van der Waals surface area contributed by atoms with Gasteiger partial charge in [0.25, 0.3) is 10.0 Å². The minimum Gasteiger partial charge on any atom is -0.425 e. The molecule has 8 heteroatoms. The Hall–Kier alpha value is -5.21. The van der Waals surface area contributed by atoms with Crippen molar-refractivity contribution in [2.24, 2.45) is 0 Å². The Kier molecular flexibility index (Phi) is 7.99. The van der Waals surface area contributed by atoms with Gasteiger partial charge in [0.05, 0.1) is 10.9 Å². The van der Waals surface area contributed by atoms with Crippen molar-refractivity contribution in [3.63, 3.8) is 0 Å². The number of para-hydroxylation sites is 1. The number of hydrogen-bond acceptors (Lipinski definition) is 5. The van der Waals surface area contributed by atoms with Crippen molar-refractivity contribution >= 4 is 22.0 Å². The summed E-state index contributed by atoms with van der Waals surface area (Å²) >= 11 is 0. The van der Waals surface area contributed by atoms with Crippen molar-refractivity contribution in [2.75, 3.05) is 0 Å². The number of carbonyl (C=O) groups excluding carboxylic acids is 2. The van der Waals surface area contributed by atoms with Gasteiger partial charge in [-0.1, -0.05) is 127 Å². The number of benzene rings is 5. The molecule has 45 heavy (non-hydrogen) atoms. The quantitative estimate of drug-likeness (QED) is 0.135. The Bertz CT molecular complexity index is 1860. The van der Waals surface area contributed by atoms with E-state index >= 15 is 4.79 Å². The molecule has 1 heterocycles. The molecule has 0 aliphatic carbocycles. The van der Waals surface area contributed by atoms with Crippen molar-refractivity contribution in [1.29, 1.82) is 0 Å². The van der Waals surface area contributed by atoms with Gasteiger partial charge in [-0.25, -0.2) is 22.3 Å². The van der Waals surface area contributed by atoms with E-state index in [2.05, 4.69) is 0 Å². The molecule has 0 spiro atoms. The van der Waals surface area contributed by atoms with Crippen molar-refractivity contribution in [3.05, 3.63) is 168 Å². The van der Waals surface area contributed by atoms with Crippen molar-refractivity contribution in [3.8, 4) is 5.75 Å². The highest BCUT2D eigenvalue weighted by Crippen LogP contribution is 2.51. The van der Waals surface area contributed by atoms with Gasteiger partial charge in [0.2, 0.25) is 0 Å². The van der Waals surface area contributed by atoms with Crippen molar-refractivity contribution in [1.82, 2.24) is 9.21 Å². The zero-order chi connectivity index (χ0) is 31.6. The first-order valence-electron chi connectivity index (χ1n) is 14.6. The number of rotatable bonds is 8. The van der Waals surface area contributed by atoms with E-state index < -0.39 is 39.6 Å². The van der Waals surface area contributed by atoms with Crippen LogP contribution in [0.1, 0.15) is 41.3 Å². The van der Waals surface area contributed by atoms with Gasteiger partial charge in [0.1, 0.15) is 11.8 Å².